The summed E-state index contributed by atoms with van der Waals surface area (Å²) in [7, 11) is 1.79. The highest BCUT2D eigenvalue weighted by atomic mass is 16.5. The van der Waals surface area contributed by atoms with Crippen LogP contribution in [0.2, 0.25) is 0 Å². The van der Waals surface area contributed by atoms with Gasteiger partial charge in [0.25, 0.3) is 0 Å². The number of hydrogen-bond acceptors (Lipinski definition) is 4. The zero-order valence-electron chi connectivity index (χ0n) is 13.7. The summed E-state index contributed by atoms with van der Waals surface area (Å²) in [6, 6.07) is 4.18. The number of pyridine rings is 1. The van der Waals surface area contributed by atoms with Crippen LogP contribution in [0.15, 0.2) is 30.7 Å². The molecule has 122 valence electrons. The van der Waals surface area contributed by atoms with Crippen LogP contribution in [0.25, 0.3) is 0 Å². The minimum atomic E-state index is 0.415. The largest absolute Gasteiger partial charge is 0.384 e. The summed E-state index contributed by atoms with van der Waals surface area (Å²) in [4.78, 5) is 6.57. The summed E-state index contributed by atoms with van der Waals surface area (Å²) >= 11 is 0. The van der Waals surface area contributed by atoms with Gasteiger partial charge in [0.2, 0.25) is 0 Å². The third kappa shape index (κ3) is 3.46. The highest BCUT2D eigenvalue weighted by Gasteiger charge is 2.29. The van der Waals surface area contributed by atoms with Gasteiger partial charge < -0.3 is 4.74 Å². The van der Waals surface area contributed by atoms with Gasteiger partial charge in [-0.3, -0.25) is 14.6 Å². The Hall–Kier alpha value is -1.72. The van der Waals surface area contributed by atoms with Crippen LogP contribution in [0.3, 0.4) is 0 Å². The van der Waals surface area contributed by atoms with E-state index < -0.39 is 0 Å². The highest BCUT2D eigenvalue weighted by Crippen LogP contribution is 2.33. The molecule has 0 amide bonds. The van der Waals surface area contributed by atoms with Crippen molar-refractivity contribution in [3.63, 3.8) is 0 Å². The smallest absolute Gasteiger partial charge is 0.0801 e. The minimum Gasteiger partial charge on any atom is -0.384 e. The Kier molecular flexibility index (Phi) is 4.14. The Balaban J connectivity index is 1.52. The molecule has 1 unspecified atom stereocenters. The van der Waals surface area contributed by atoms with Gasteiger partial charge in [-0.25, -0.2) is 0 Å². The van der Waals surface area contributed by atoms with Crippen LogP contribution in [-0.2, 0) is 24.4 Å². The summed E-state index contributed by atoms with van der Waals surface area (Å²) in [5.74, 6) is 1.27. The van der Waals surface area contributed by atoms with E-state index in [1.807, 2.05) is 12.4 Å². The molecule has 0 aromatic carbocycles. The predicted octanol–water partition coefficient (Wildman–Crippen LogP) is 2.43. The lowest BCUT2D eigenvalue weighted by Crippen LogP contribution is -2.34. The SMILES string of the molecule is COCC1CN(Cc2ccncc2)Cc2nn(CC3CC3)cc21. The van der Waals surface area contributed by atoms with Crippen LogP contribution < -0.4 is 0 Å². The first-order valence-corrected chi connectivity index (χ1v) is 8.48. The maximum atomic E-state index is 5.47. The fourth-order valence-electron chi connectivity index (χ4n) is 3.50. The number of aromatic nitrogens is 3. The molecule has 0 bridgehead atoms. The first-order chi connectivity index (χ1) is 11.3. The van der Waals surface area contributed by atoms with Gasteiger partial charge in [-0.05, 0) is 36.5 Å². The Morgan fingerprint density at radius 1 is 1.26 bits per heavy atom. The van der Waals surface area contributed by atoms with Crippen molar-refractivity contribution >= 4 is 0 Å². The van der Waals surface area contributed by atoms with Crippen LogP contribution in [-0.4, -0.2) is 39.9 Å². The van der Waals surface area contributed by atoms with Gasteiger partial charge in [0.05, 0.1) is 12.3 Å². The average Bonchev–Trinajstić information content (AvgIpc) is 3.26. The van der Waals surface area contributed by atoms with Gasteiger partial charge in [-0.1, -0.05) is 0 Å². The van der Waals surface area contributed by atoms with Gasteiger partial charge in [0, 0.05) is 63.4 Å². The summed E-state index contributed by atoms with van der Waals surface area (Å²) in [5.41, 5.74) is 3.92. The molecule has 0 spiro atoms. The molecule has 1 saturated carbocycles. The Labute approximate surface area is 137 Å². The van der Waals surface area contributed by atoms with Crippen LogP contribution in [0.5, 0.6) is 0 Å². The first-order valence-electron chi connectivity index (χ1n) is 8.48. The maximum Gasteiger partial charge on any atom is 0.0801 e. The van der Waals surface area contributed by atoms with Crippen molar-refractivity contribution in [3.05, 3.63) is 47.5 Å². The third-order valence-electron chi connectivity index (χ3n) is 4.83. The molecule has 0 saturated heterocycles. The monoisotopic (exact) mass is 312 g/mol. The van der Waals surface area contributed by atoms with Crippen molar-refractivity contribution in [1.82, 2.24) is 19.7 Å². The van der Waals surface area contributed by atoms with Crippen molar-refractivity contribution < 1.29 is 4.74 Å². The number of ether oxygens (including phenoxy) is 1. The lowest BCUT2D eigenvalue weighted by Gasteiger charge is -2.31. The molecule has 1 aliphatic heterocycles. The van der Waals surface area contributed by atoms with Gasteiger partial charge in [-0.2, -0.15) is 5.10 Å². The van der Waals surface area contributed by atoms with Crippen molar-refractivity contribution in [1.29, 1.82) is 0 Å². The van der Waals surface area contributed by atoms with Crippen molar-refractivity contribution in [2.24, 2.45) is 5.92 Å². The minimum absolute atomic E-state index is 0.415. The molecule has 3 heterocycles. The van der Waals surface area contributed by atoms with E-state index in [0.29, 0.717) is 5.92 Å². The fraction of sp³-hybridized carbons (Fsp3) is 0.556. The Morgan fingerprint density at radius 2 is 2.09 bits per heavy atom. The van der Waals surface area contributed by atoms with Crippen molar-refractivity contribution in [3.8, 4) is 0 Å². The summed E-state index contributed by atoms with van der Waals surface area (Å²) in [6.45, 7) is 4.73. The molecule has 23 heavy (non-hydrogen) atoms. The Bertz CT molecular complexity index is 650. The van der Waals surface area contributed by atoms with Crippen molar-refractivity contribution in [2.75, 3.05) is 20.3 Å². The number of fused-ring (bicyclic) bond motifs is 1. The van der Waals surface area contributed by atoms with E-state index in [1.54, 1.807) is 7.11 Å². The standard InChI is InChI=1S/C18H24N4O/c1-23-13-16-10-21(8-15-4-6-19-7-5-15)12-18-17(16)11-22(20-18)9-14-2-3-14/h4-7,11,14,16H,2-3,8-10,12-13H2,1H3. The molecular formula is C18H24N4O. The zero-order valence-corrected chi connectivity index (χ0v) is 13.7. The van der Waals surface area contributed by atoms with Crippen LogP contribution in [0, 0.1) is 5.92 Å². The predicted molar refractivity (Wildman–Crippen MR) is 87.9 cm³/mol. The normalized spacial score (nSPS) is 21.3. The quantitative estimate of drug-likeness (QED) is 0.822. The van der Waals surface area contributed by atoms with Gasteiger partial charge >= 0.3 is 0 Å². The number of hydrogen-bond donors (Lipinski definition) is 0. The zero-order chi connectivity index (χ0) is 15.6. The van der Waals surface area contributed by atoms with Crippen LogP contribution in [0.4, 0.5) is 0 Å². The van der Waals surface area contributed by atoms with E-state index in [-0.39, 0.29) is 0 Å². The molecule has 1 aliphatic carbocycles. The van der Waals surface area contributed by atoms with E-state index in [9.17, 15) is 0 Å². The second-order valence-electron chi connectivity index (χ2n) is 6.87. The molecule has 2 aliphatic rings. The van der Waals surface area contributed by atoms with Crippen LogP contribution in [0.1, 0.15) is 35.6 Å². The molecule has 1 fully saturated rings. The molecule has 5 heteroatoms. The lowest BCUT2D eigenvalue weighted by molar-refractivity contribution is 0.135. The Morgan fingerprint density at radius 3 is 2.83 bits per heavy atom. The van der Waals surface area contributed by atoms with E-state index >= 15 is 0 Å². The number of rotatable bonds is 6. The maximum absolute atomic E-state index is 5.47. The van der Waals surface area contributed by atoms with Gasteiger partial charge in [-0.15, -0.1) is 0 Å². The molecule has 0 N–H and O–H groups in total. The fourth-order valence-corrected chi connectivity index (χ4v) is 3.50. The van der Waals surface area contributed by atoms with E-state index in [0.717, 1.165) is 38.7 Å². The van der Waals surface area contributed by atoms with Crippen molar-refractivity contribution in [2.45, 2.75) is 38.4 Å². The number of nitrogens with zero attached hydrogens (tertiary/aromatic N) is 4. The third-order valence-corrected chi connectivity index (χ3v) is 4.83. The second-order valence-corrected chi connectivity index (χ2v) is 6.87. The van der Waals surface area contributed by atoms with E-state index in [1.165, 1.54) is 29.7 Å². The average molecular weight is 312 g/mol. The molecule has 2 aromatic heterocycles. The lowest BCUT2D eigenvalue weighted by atomic mass is 9.95. The molecule has 5 nitrogen and oxygen atoms in total. The highest BCUT2D eigenvalue weighted by molar-refractivity contribution is 5.26. The van der Waals surface area contributed by atoms with Crippen LogP contribution >= 0.6 is 0 Å². The number of methoxy groups -OCH3 is 1. The van der Waals surface area contributed by atoms with E-state index in [2.05, 4.69) is 32.9 Å². The first kappa shape index (κ1) is 14.8. The molecular weight excluding hydrogens is 288 g/mol. The van der Waals surface area contributed by atoms with E-state index in [4.69, 9.17) is 9.84 Å². The molecule has 2 aromatic rings. The summed E-state index contributed by atoms with van der Waals surface area (Å²) in [6.07, 6.45) is 8.71. The second kappa shape index (κ2) is 6.42. The molecule has 1 atom stereocenters. The van der Waals surface area contributed by atoms with Gasteiger partial charge in [0.15, 0.2) is 0 Å². The molecule has 0 radical (unpaired) electrons. The molecule has 4 rings (SSSR count). The summed E-state index contributed by atoms with van der Waals surface area (Å²) in [5, 5.41) is 4.86. The summed E-state index contributed by atoms with van der Waals surface area (Å²) < 4.78 is 7.63. The van der Waals surface area contributed by atoms with Gasteiger partial charge in [0.1, 0.15) is 0 Å². The topological polar surface area (TPSA) is 43.2 Å².